The molecule has 0 aliphatic heterocycles. The molecule has 0 aliphatic rings. The zero-order valence-corrected chi connectivity index (χ0v) is 12.4. The van der Waals surface area contributed by atoms with Gasteiger partial charge in [0.1, 0.15) is 0 Å². The van der Waals surface area contributed by atoms with Crippen LogP contribution in [0.15, 0.2) is 29.2 Å². The van der Waals surface area contributed by atoms with Crippen LogP contribution in [0.5, 0.6) is 0 Å². The van der Waals surface area contributed by atoms with E-state index in [4.69, 9.17) is 37.8 Å². The number of benzene rings is 1. The van der Waals surface area contributed by atoms with Crippen LogP contribution in [0.1, 0.15) is 32.3 Å². The second-order valence-corrected chi connectivity index (χ2v) is 10.7. The summed E-state index contributed by atoms with van der Waals surface area (Å²) in [6.07, 6.45) is 1.78. The van der Waals surface area contributed by atoms with E-state index in [1.165, 1.54) is 0 Å². The van der Waals surface area contributed by atoms with Gasteiger partial charge in [-0.25, -0.2) is 0 Å². The molecular formula is C11H16Cl3NS. The number of hydrogen-bond acceptors (Lipinski definition) is 1. The van der Waals surface area contributed by atoms with Crippen molar-refractivity contribution in [3.8, 4) is 0 Å². The Balaban J connectivity index is 3.04. The summed E-state index contributed by atoms with van der Waals surface area (Å²) in [6.45, 7) is 4.16. The van der Waals surface area contributed by atoms with Crippen molar-refractivity contribution in [2.75, 3.05) is 0 Å². The van der Waals surface area contributed by atoms with Gasteiger partial charge in [-0.05, 0) is 62.6 Å². The van der Waals surface area contributed by atoms with E-state index in [1.54, 1.807) is 0 Å². The van der Waals surface area contributed by atoms with Crippen LogP contribution in [0.25, 0.3) is 0 Å². The van der Waals surface area contributed by atoms with Crippen LogP contribution < -0.4 is 5.73 Å². The fraction of sp³-hybridized carbons (Fsp3) is 0.455. The molecule has 0 fully saturated rings. The second-order valence-electron chi connectivity index (χ2n) is 3.79. The van der Waals surface area contributed by atoms with Crippen molar-refractivity contribution in [1.82, 2.24) is 0 Å². The molecule has 0 atom stereocenters. The maximum Gasteiger partial charge on any atom is 0.0404 e. The van der Waals surface area contributed by atoms with Gasteiger partial charge in [-0.2, -0.15) is 0 Å². The summed E-state index contributed by atoms with van der Waals surface area (Å²) >= 11 is 0. The molecule has 1 nitrogen and oxygen atoms in total. The SMILES string of the molecule is CCC(N)(CC)c1ccc(S(Cl)(Cl)Cl)cc1. The first-order chi connectivity index (χ1) is 7.33. The van der Waals surface area contributed by atoms with E-state index in [1.807, 2.05) is 24.3 Å². The molecule has 1 aromatic rings. The fourth-order valence-corrected chi connectivity index (χ4v) is 2.97. The average Bonchev–Trinajstić information content (AvgIpc) is 2.27. The predicted octanol–water partition coefficient (Wildman–Crippen LogP) is 5.29. The van der Waals surface area contributed by atoms with Gasteiger partial charge in [-0.15, -0.1) is 0 Å². The van der Waals surface area contributed by atoms with Crippen molar-refractivity contribution in [1.29, 1.82) is 0 Å². The standard InChI is InChI=1S/C11H16Cl3NS/c1-3-11(15,4-2)9-5-7-10(8-6-9)16(12,13)14/h5-8H,3-4,15H2,1-2H3. The molecular weight excluding hydrogens is 285 g/mol. The Bertz CT molecular complexity index is 341. The molecule has 0 spiro atoms. The van der Waals surface area contributed by atoms with Crippen molar-refractivity contribution in [2.24, 2.45) is 5.73 Å². The molecule has 5 heteroatoms. The Hall–Kier alpha value is 0.400. The number of halogens is 3. The third kappa shape index (κ3) is 3.21. The van der Waals surface area contributed by atoms with Crippen LogP contribution in [0.3, 0.4) is 0 Å². The lowest BCUT2D eigenvalue weighted by molar-refractivity contribution is 0.412. The normalized spacial score (nSPS) is 13.9. The molecule has 1 aromatic carbocycles. The summed E-state index contributed by atoms with van der Waals surface area (Å²) < 4.78 is 0. The maximum atomic E-state index is 6.28. The highest BCUT2D eigenvalue weighted by molar-refractivity contribution is 8.79. The van der Waals surface area contributed by atoms with E-state index in [0.717, 1.165) is 23.3 Å². The van der Waals surface area contributed by atoms with Crippen LogP contribution in [-0.2, 0) is 5.54 Å². The summed E-state index contributed by atoms with van der Waals surface area (Å²) in [6, 6.07) is 7.61. The van der Waals surface area contributed by atoms with Gasteiger partial charge in [-0.1, -0.05) is 26.0 Å². The van der Waals surface area contributed by atoms with Crippen molar-refractivity contribution >= 4 is 39.7 Å². The van der Waals surface area contributed by atoms with Crippen LogP contribution in [-0.4, -0.2) is 0 Å². The Morgan fingerprint density at radius 2 is 1.50 bits per heavy atom. The summed E-state index contributed by atoms with van der Waals surface area (Å²) in [7, 11) is 15.4. The molecule has 1 rings (SSSR count). The molecule has 0 radical (unpaired) electrons. The monoisotopic (exact) mass is 299 g/mol. The van der Waals surface area contributed by atoms with Crippen LogP contribution in [0, 0.1) is 0 Å². The van der Waals surface area contributed by atoms with Gasteiger partial charge in [0, 0.05) is 18.1 Å². The van der Waals surface area contributed by atoms with Crippen molar-refractivity contribution in [3.63, 3.8) is 0 Å². The Morgan fingerprint density at radius 1 is 1.06 bits per heavy atom. The molecule has 0 aliphatic carbocycles. The largest absolute Gasteiger partial charge is 0.321 e. The third-order valence-electron chi connectivity index (χ3n) is 2.96. The van der Waals surface area contributed by atoms with Crippen LogP contribution in [0.2, 0.25) is 0 Å². The molecule has 0 amide bonds. The van der Waals surface area contributed by atoms with E-state index in [9.17, 15) is 0 Å². The van der Waals surface area contributed by atoms with Gasteiger partial charge >= 0.3 is 0 Å². The first-order valence-electron chi connectivity index (χ1n) is 5.15. The Kier molecular flexibility index (Phi) is 4.85. The Morgan fingerprint density at radius 3 is 1.81 bits per heavy atom. The zero-order chi connectivity index (χ0) is 12.4. The quantitative estimate of drug-likeness (QED) is 0.803. The summed E-state index contributed by atoms with van der Waals surface area (Å²) in [4.78, 5) is 0.746. The molecule has 0 saturated heterocycles. The van der Waals surface area contributed by atoms with Crippen molar-refractivity contribution < 1.29 is 0 Å². The summed E-state index contributed by atoms with van der Waals surface area (Å²) in [5.74, 6) is 0. The molecule has 16 heavy (non-hydrogen) atoms. The van der Waals surface area contributed by atoms with Gasteiger partial charge in [0.15, 0.2) is 0 Å². The van der Waals surface area contributed by atoms with E-state index >= 15 is 0 Å². The minimum Gasteiger partial charge on any atom is -0.321 e. The second kappa shape index (κ2) is 5.36. The van der Waals surface area contributed by atoms with E-state index in [2.05, 4.69) is 13.8 Å². The number of rotatable bonds is 4. The first-order valence-corrected chi connectivity index (χ1v) is 9.26. The maximum absolute atomic E-state index is 6.28. The highest BCUT2D eigenvalue weighted by Crippen LogP contribution is 2.69. The van der Waals surface area contributed by atoms with Gasteiger partial charge in [-0.3, -0.25) is 0 Å². The predicted molar refractivity (Wildman–Crippen MR) is 76.3 cm³/mol. The summed E-state index contributed by atoms with van der Waals surface area (Å²) in [5.41, 5.74) is 7.10. The average molecular weight is 301 g/mol. The third-order valence-corrected chi connectivity index (χ3v) is 5.37. The molecule has 0 heterocycles. The van der Waals surface area contributed by atoms with Gasteiger partial charge in [0.05, 0.1) is 0 Å². The Labute approximate surface area is 112 Å². The lowest BCUT2D eigenvalue weighted by atomic mass is 9.86. The summed E-state index contributed by atoms with van der Waals surface area (Å²) in [5, 5.41) is 0. The molecule has 0 bridgehead atoms. The van der Waals surface area contributed by atoms with Crippen molar-refractivity contribution in [2.45, 2.75) is 37.1 Å². The zero-order valence-electron chi connectivity index (χ0n) is 9.34. The number of nitrogens with two attached hydrogens (primary N) is 1. The smallest absolute Gasteiger partial charge is 0.0404 e. The van der Waals surface area contributed by atoms with E-state index in [0.29, 0.717) is 0 Å². The van der Waals surface area contributed by atoms with Gasteiger partial charge in [0.25, 0.3) is 0 Å². The minimum atomic E-state index is -2.20. The molecule has 92 valence electrons. The highest BCUT2D eigenvalue weighted by Gasteiger charge is 2.24. The van der Waals surface area contributed by atoms with Crippen molar-refractivity contribution in [3.05, 3.63) is 29.8 Å². The first kappa shape index (κ1) is 14.5. The van der Waals surface area contributed by atoms with E-state index < -0.39 is 7.67 Å². The molecule has 2 N–H and O–H groups in total. The van der Waals surface area contributed by atoms with Gasteiger partial charge in [0.2, 0.25) is 0 Å². The lowest BCUT2D eigenvalue weighted by Gasteiger charge is -2.28. The fourth-order valence-electron chi connectivity index (χ4n) is 1.60. The molecule has 0 unspecified atom stereocenters. The number of hydrogen-bond donors (Lipinski definition) is 1. The van der Waals surface area contributed by atoms with E-state index in [-0.39, 0.29) is 5.54 Å². The van der Waals surface area contributed by atoms with Crippen LogP contribution in [0.4, 0.5) is 0 Å². The topological polar surface area (TPSA) is 26.0 Å². The van der Waals surface area contributed by atoms with Crippen LogP contribution >= 0.6 is 39.7 Å². The van der Waals surface area contributed by atoms with Gasteiger partial charge < -0.3 is 5.73 Å². The minimum absolute atomic E-state index is 0.276. The lowest BCUT2D eigenvalue weighted by Crippen LogP contribution is -2.34. The molecule has 0 saturated carbocycles. The highest BCUT2D eigenvalue weighted by atomic mass is 36.2. The molecule has 0 aromatic heterocycles.